The zero-order valence-corrected chi connectivity index (χ0v) is 19.0. The third-order valence-electron chi connectivity index (χ3n) is 4.26. The van der Waals surface area contributed by atoms with E-state index in [-0.39, 0.29) is 34.5 Å². The summed E-state index contributed by atoms with van der Waals surface area (Å²) in [6.07, 6.45) is 0. The van der Waals surface area contributed by atoms with E-state index >= 15 is 0 Å². The van der Waals surface area contributed by atoms with Crippen LogP contribution in [0.25, 0.3) is 0 Å². The summed E-state index contributed by atoms with van der Waals surface area (Å²) in [5.41, 5.74) is 1.64. The molecule has 6 nitrogen and oxygen atoms in total. The van der Waals surface area contributed by atoms with Gasteiger partial charge in [-0.2, -0.15) is 0 Å². The van der Waals surface area contributed by atoms with Crippen LogP contribution in [0.4, 0.5) is 0 Å². The van der Waals surface area contributed by atoms with Gasteiger partial charge in [0.15, 0.2) is 11.5 Å². The lowest BCUT2D eigenvalue weighted by molar-refractivity contribution is 0.107. The lowest BCUT2D eigenvalue weighted by Crippen LogP contribution is -2.03. The maximum atomic E-state index is 11.9. The van der Waals surface area contributed by atoms with Crippen LogP contribution in [0, 0.1) is 0 Å². The molecule has 0 saturated heterocycles. The van der Waals surface area contributed by atoms with Gasteiger partial charge in [-0.3, -0.25) is 9.59 Å². The monoisotopic (exact) mass is 480 g/mol. The van der Waals surface area contributed by atoms with Crippen LogP contribution in [0.3, 0.4) is 0 Å². The van der Waals surface area contributed by atoms with Gasteiger partial charge in [-0.25, -0.2) is 0 Å². The summed E-state index contributed by atoms with van der Waals surface area (Å²) < 4.78 is 22.0. The molecule has 0 fully saturated rings. The van der Waals surface area contributed by atoms with Gasteiger partial charge >= 0.3 is 0 Å². The molecule has 0 spiro atoms. The lowest BCUT2D eigenvalue weighted by atomic mass is 10.2. The van der Waals surface area contributed by atoms with E-state index in [0.717, 1.165) is 22.5 Å². The second-order valence-electron chi connectivity index (χ2n) is 6.24. The van der Waals surface area contributed by atoms with Crippen molar-refractivity contribution >= 4 is 45.0 Å². The van der Waals surface area contributed by atoms with Crippen molar-refractivity contribution in [2.45, 2.75) is 13.2 Å². The Morgan fingerprint density at radius 1 is 0.710 bits per heavy atom. The molecule has 1 heterocycles. The van der Waals surface area contributed by atoms with Gasteiger partial charge in [-0.05, 0) is 58.6 Å². The van der Waals surface area contributed by atoms with Gasteiger partial charge in [0.05, 0.1) is 14.2 Å². The average Bonchev–Trinajstić information content (AvgIpc) is 3.16. The fourth-order valence-electron chi connectivity index (χ4n) is 2.68. The van der Waals surface area contributed by atoms with Crippen LogP contribution in [0.2, 0.25) is 0 Å². The van der Waals surface area contributed by atoms with Crippen molar-refractivity contribution in [3.05, 3.63) is 69.4 Å². The van der Waals surface area contributed by atoms with Crippen LogP contribution in [-0.2, 0) is 13.2 Å². The Labute approximate surface area is 193 Å². The second-order valence-corrected chi connectivity index (χ2v) is 7.95. The molecule has 0 atom stereocenters. The van der Waals surface area contributed by atoms with Gasteiger partial charge in [0.25, 0.3) is 10.5 Å². The Hall–Kier alpha value is -2.74. The number of methoxy groups -OCH3 is 2. The topological polar surface area (TPSA) is 71.1 Å². The maximum Gasteiger partial charge on any atom is 0.266 e. The highest BCUT2D eigenvalue weighted by atomic mass is 35.5. The SMILES string of the molecule is COc1ccc(COc2c(C(=O)Cl)sc(C(=O)Cl)c2OCc2ccc(OC)cc2)cc1. The van der Waals surface area contributed by atoms with Crippen molar-refractivity contribution in [2.75, 3.05) is 14.2 Å². The highest BCUT2D eigenvalue weighted by Crippen LogP contribution is 2.44. The van der Waals surface area contributed by atoms with Gasteiger partial charge in [-0.1, -0.05) is 24.3 Å². The molecule has 162 valence electrons. The molecule has 0 unspecified atom stereocenters. The number of hydrogen-bond acceptors (Lipinski definition) is 7. The van der Waals surface area contributed by atoms with Crippen molar-refractivity contribution in [1.29, 1.82) is 0 Å². The zero-order valence-electron chi connectivity index (χ0n) is 16.6. The number of benzene rings is 2. The number of ether oxygens (including phenoxy) is 4. The summed E-state index contributed by atoms with van der Waals surface area (Å²) in [6, 6.07) is 14.4. The summed E-state index contributed by atoms with van der Waals surface area (Å²) >= 11 is 12.3. The fraction of sp³-hybridized carbons (Fsp3) is 0.182. The van der Waals surface area contributed by atoms with Crippen LogP contribution in [0.15, 0.2) is 48.5 Å². The van der Waals surface area contributed by atoms with Gasteiger partial charge in [0.1, 0.15) is 34.5 Å². The number of rotatable bonds is 10. The van der Waals surface area contributed by atoms with E-state index in [4.69, 9.17) is 42.1 Å². The van der Waals surface area contributed by atoms with E-state index in [1.54, 1.807) is 38.5 Å². The predicted octanol–water partition coefficient (Wildman–Crippen LogP) is 5.68. The maximum absolute atomic E-state index is 11.9. The van der Waals surface area contributed by atoms with Gasteiger partial charge in [-0.15, -0.1) is 11.3 Å². The molecule has 0 aliphatic rings. The molecular formula is C22H18Cl2O6S. The van der Waals surface area contributed by atoms with Crippen molar-refractivity contribution in [3.63, 3.8) is 0 Å². The summed E-state index contributed by atoms with van der Waals surface area (Å²) in [4.78, 5) is 24.0. The van der Waals surface area contributed by atoms with Crippen molar-refractivity contribution in [1.82, 2.24) is 0 Å². The normalized spacial score (nSPS) is 10.5. The summed E-state index contributed by atoms with van der Waals surface area (Å²) in [6.45, 7) is 0.236. The van der Waals surface area contributed by atoms with Crippen molar-refractivity contribution < 1.29 is 28.5 Å². The van der Waals surface area contributed by atoms with E-state index < -0.39 is 10.5 Å². The summed E-state index contributed by atoms with van der Waals surface area (Å²) in [7, 11) is 3.15. The number of hydrogen-bond donors (Lipinski definition) is 0. The largest absolute Gasteiger partial charge is 0.497 e. The molecule has 9 heteroatoms. The molecule has 0 saturated carbocycles. The highest BCUT2D eigenvalue weighted by Gasteiger charge is 2.28. The summed E-state index contributed by atoms with van der Waals surface area (Å²) in [5.74, 6) is 1.57. The Kier molecular flexibility index (Phi) is 7.79. The second kappa shape index (κ2) is 10.5. The third kappa shape index (κ3) is 5.70. The van der Waals surface area contributed by atoms with Crippen LogP contribution in [-0.4, -0.2) is 24.7 Å². The number of thiophene rings is 1. The van der Waals surface area contributed by atoms with Crippen LogP contribution < -0.4 is 18.9 Å². The minimum absolute atomic E-state index is 0.0453. The minimum Gasteiger partial charge on any atom is -0.497 e. The molecule has 0 aliphatic carbocycles. The van der Waals surface area contributed by atoms with Crippen LogP contribution in [0.5, 0.6) is 23.0 Å². The van der Waals surface area contributed by atoms with E-state index in [1.807, 2.05) is 24.3 Å². The van der Waals surface area contributed by atoms with E-state index in [2.05, 4.69) is 0 Å². The molecule has 0 bridgehead atoms. The Bertz CT molecular complexity index is 977. The van der Waals surface area contributed by atoms with Crippen LogP contribution in [0.1, 0.15) is 30.5 Å². The first kappa shape index (κ1) is 22.9. The van der Waals surface area contributed by atoms with Crippen molar-refractivity contribution in [2.24, 2.45) is 0 Å². The molecule has 1 aromatic heterocycles. The number of halogens is 2. The van der Waals surface area contributed by atoms with Crippen LogP contribution >= 0.6 is 34.5 Å². The Morgan fingerprint density at radius 2 is 1.06 bits per heavy atom. The molecule has 31 heavy (non-hydrogen) atoms. The fourth-order valence-corrected chi connectivity index (χ4v) is 3.93. The van der Waals surface area contributed by atoms with Crippen molar-refractivity contribution in [3.8, 4) is 23.0 Å². The Morgan fingerprint density at radius 3 is 1.35 bits per heavy atom. The predicted molar refractivity (Wildman–Crippen MR) is 119 cm³/mol. The molecule has 0 aliphatic heterocycles. The molecule has 0 amide bonds. The average molecular weight is 481 g/mol. The Balaban J connectivity index is 1.87. The van der Waals surface area contributed by atoms with Gasteiger partial charge in [0, 0.05) is 0 Å². The van der Waals surface area contributed by atoms with E-state index in [1.165, 1.54) is 0 Å². The lowest BCUT2D eigenvalue weighted by Gasteiger charge is -2.12. The quantitative estimate of drug-likeness (QED) is 0.347. The standard InChI is InChI=1S/C22H18Cl2O6S/c1-27-15-7-3-13(4-8-15)11-29-17-18(20(22(24)26)31-19(17)21(23)25)30-12-14-5-9-16(28-2)10-6-14/h3-10H,11-12H2,1-2H3. The first-order valence-corrected chi connectivity index (χ1v) is 10.6. The minimum atomic E-state index is -0.770. The van der Waals surface area contributed by atoms with E-state index in [9.17, 15) is 9.59 Å². The third-order valence-corrected chi connectivity index (χ3v) is 6.02. The molecule has 0 N–H and O–H groups in total. The highest BCUT2D eigenvalue weighted by molar-refractivity contribution is 7.19. The van der Waals surface area contributed by atoms with Gasteiger partial charge in [0.2, 0.25) is 0 Å². The molecule has 3 aromatic rings. The van der Waals surface area contributed by atoms with Gasteiger partial charge < -0.3 is 18.9 Å². The molecule has 3 rings (SSSR count). The van der Waals surface area contributed by atoms with E-state index in [0.29, 0.717) is 11.5 Å². The number of carbonyl (C=O) groups excluding carboxylic acids is 2. The summed E-state index contributed by atoms with van der Waals surface area (Å²) in [5, 5.41) is -1.54. The number of carbonyl (C=O) groups is 2. The smallest absolute Gasteiger partial charge is 0.266 e. The molecule has 0 radical (unpaired) electrons. The zero-order chi connectivity index (χ0) is 22.4. The first-order chi connectivity index (χ1) is 14.9. The first-order valence-electron chi connectivity index (χ1n) is 9.00. The molecule has 2 aromatic carbocycles. The molecular weight excluding hydrogens is 463 g/mol.